The van der Waals surface area contributed by atoms with Crippen LogP contribution in [0.5, 0.6) is 0 Å². The molecule has 0 saturated heterocycles. The normalized spacial score (nSPS) is 12.7. The fraction of sp³-hybridized carbons (Fsp3) is 0.500. The molecule has 1 rings (SSSR count). The molecule has 3 nitrogen and oxygen atoms in total. The van der Waals surface area contributed by atoms with E-state index in [-0.39, 0.29) is 23.0 Å². The minimum absolute atomic E-state index is 0. The first-order chi connectivity index (χ1) is 10.6. The highest BCUT2D eigenvalue weighted by Gasteiger charge is 2.31. The fourth-order valence-electron chi connectivity index (χ4n) is 1.75. The van der Waals surface area contributed by atoms with Crippen molar-refractivity contribution in [1.82, 2.24) is 0 Å². The molecule has 0 spiro atoms. The smallest absolute Gasteiger partial charge is 0.324 e. The van der Waals surface area contributed by atoms with Crippen molar-refractivity contribution in [3.05, 3.63) is 23.8 Å². The molecule has 1 aromatic carbocycles. The van der Waals surface area contributed by atoms with Gasteiger partial charge in [-0.1, -0.05) is 13.3 Å². The van der Waals surface area contributed by atoms with Gasteiger partial charge < -0.3 is 11.1 Å². The summed E-state index contributed by atoms with van der Waals surface area (Å²) in [6.45, 7) is 1.81. The Bertz CT molecular complexity index is 542. The van der Waals surface area contributed by atoms with E-state index in [4.69, 9.17) is 5.73 Å². The monoisotopic (exact) mass is 392 g/mol. The molecule has 138 valence electrons. The van der Waals surface area contributed by atoms with Gasteiger partial charge in [-0.3, -0.25) is 4.79 Å². The summed E-state index contributed by atoms with van der Waals surface area (Å²) in [4.78, 5) is 12.0. The molecule has 0 aliphatic rings. The number of carbonyl (C=O) groups is 1. The highest BCUT2D eigenvalue weighted by molar-refractivity contribution is 7.99. The summed E-state index contributed by atoms with van der Waals surface area (Å²) < 4.78 is 62.9. The summed E-state index contributed by atoms with van der Waals surface area (Å²) in [5.74, 6) is -1.24. The molecule has 0 radical (unpaired) electrons. The van der Waals surface area contributed by atoms with E-state index in [2.05, 4.69) is 5.32 Å². The van der Waals surface area contributed by atoms with Crippen LogP contribution in [0.1, 0.15) is 25.3 Å². The maximum Gasteiger partial charge on any atom is 0.416 e. The van der Waals surface area contributed by atoms with Gasteiger partial charge in [0.2, 0.25) is 12.3 Å². The Kier molecular flexibility index (Phi) is 9.61. The molecule has 0 aromatic heterocycles. The maximum absolute atomic E-state index is 12.8. The number of hydrogen-bond donors (Lipinski definition) is 2. The van der Waals surface area contributed by atoms with Crippen LogP contribution >= 0.6 is 24.2 Å². The number of rotatable bonds is 7. The Hall–Kier alpha value is -1.06. The minimum Gasteiger partial charge on any atom is -0.324 e. The number of benzene rings is 1. The molecule has 1 aromatic rings. The lowest BCUT2D eigenvalue weighted by Gasteiger charge is -2.16. The van der Waals surface area contributed by atoms with Crippen LogP contribution in [0.4, 0.5) is 27.6 Å². The number of carbonyl (C=O) groups excluding carboxylic acids is 1. The molecule has 10 heteroatoms. The van der Waals surface area contributed by atoms with Crippen molar-refractivity contribution in [3.8, 4) is 0 Å². The standard InChI is InChI=1S/C14H17F5N2OS.ClH/c1-2-3-9(20)13(22)21-10-6-8(14(17,18)19)4-5-11(10)23-7-12(15)16;/h4-6,9,12H,2-3,7,20H2,1H3,(H,21,22);1H. The molecular formula is C14H18ClF5N2OS. The number of nitrogens with one attached hydrogen (secondary N) is 1. The molecule has 0 fully saturated rings. The van der Waals surface area contributed by atoms with Crippen molar-refractivity contribution in [2.75, 3.05) is 11.1 Å². The second-order valence-electron chi connectivity index (χ2n) is 4.80. The van der Waals surface area contributed by atoms with Gasteiger partial charge in [0, 0.05) is 4.90 Å². The van der Waals surface area contributed by atoms with E-state index in [1.165, 1.54) is 0 Å². The number of anilines is 1. The van der Waals surface area contributed by atoms with Gasteiger partial charge in [0.15, 0.2) is 0 Å². The number of halogens is 6. The SMILES string of the molecule is CCCC(N)C(=O)Nc1cc(C(F)(F)F)ccc1SCC(F)F.Cl. The highest BCUT2D eigenvalue weighted by atomic mass is 35.5. The van der Waals surface area contributed by atoms with Crippen molar-refractivity contribution in [1.29, 1.82) is 0 Å². The maximum atomic E-state index is 12.8. The zero-order chi connectivity index (χ0) is 17.6. The number of hydrogen-bond acceptors (Lipinski definition) is 3. The van der Waals surface area contributed by atoms with Gasteiger partial charge >= 0.3 is 6.18 Å². The lowest BCUT2D eigenvalue weighted by atomic mass is 10.1. The van der Waals surface area contributed by atoms with E-state index in [0.717, 1.165) is 18.2 Å². The summed E-state index contributed by atoms with van der Waals surface area (Å²) in [5, 5.41) is 2.30. The Morgan fingerprint density at radius 1 is 1.33 bits per heavy atom. The number of amides is 1. The van der Waals surface area contributed by atoms with E-state index in [0.29, 0.717) is 24.6 Å². The Morgan fingerprint density at radius 2 is 1.96 bits per heavy atom. The summed E-state index contributed by atoms with van der Waals surface area (Å²) in [5.41, 5.74) is 4.47. The van der Waals surface area contributed by atoms with Crippen molar-refractivity contribution < 1.29 is 26.7 Å². The Morgan fingerprint density at radius 3 is 2.46 bits per heavy atom. The predicted molar refractivity (Wildman–Crippen MR) is 86.9 cm³/mol. The number of nitrogens with two attached hydrogens (primary N) is 1. The van der Waals surface area contributed by atoms with Crippen molar-refractivity contribution >= 4 is 35.8 Å². The average Bonchev–Trinajstić information content (AvgIpc) is 2.44. The number of thioether (sulfide) groups is 1. The first-order valence-electron chi connectivity index (χ1n) is 6.83. The molecule has 0 bridgehead atoms. The van der Waals surface area contributed by atoms with Crippen LogP contribution in [-0.4, -0.2) is 24.1 Å². The largest absolute Gasteiger partial charge is 0.416 e. The third kappa shape index (κ3) is 7.23. The van der Waals surface area contributed by atoms with E-state index in [1.807, 2.05) is 0 Å². The van der Waals surface area contributed by atoms with Crippen LogP contribution < -0.4 is 11.1 Å². The molecule has 0 aliphatic carbocycles. The molecule has 0 heterocycles. The lowest BCUT2D eigenvalue weighted by molar-refractivity contribution is -0.137. The van der Waals surface area contributed by atoms with Crippen molar-refractivity contribution in [2.45, 2.75) is 43.3 Å². The highest BCUT2D eigenvalue weighted by Crippen LogP contribution is 2.36. The average molecular weight is 393 g/mol. The third-order valence-electron chi connectivity index (χ3n) is 2.87. The van der Waals surface area contributed by atoms with Gasteiger partial charge in [0.1, 0.15) is 0 Å². The van der Waals surface area contributed by atoms with Gasteiger partial charge in [-0.25, -0.2) is 8.78 Å². The predicted octanol–water partition coefficient (Wildman–Crippen LogP) is 4.55. The Balaban J connectivity index is 0.00000529. The summed E-state index contributed by atoms with van der Waals surface area (Å²) >= 11 is 0.669. The summed E-state index contributed by atoms with van der Waals surface area (Å²) in [6, 6.07) is 1.71. The first-order valence-corrected chi connectivity index (χ1v) is 7.82. The zero-order valence-electron chi connectivity index (χ0n) is 12.7. The molecule has 3 N–H and O–H groups in total. The molecule has 1 amide bonds. The van der Waals surface area contributed by atoms with Gasteiger partial charge in [-0.2, -0.15) is 13.2 Å². The van der Waals surface area contributed by atoms with Crippen LogP contribution in [0.2, 0.25) is 0 Å². The molecule has 0 saturated carbocycles. The van der Waals surface area contributed by atoms with Gasteiger partial charge in [0.05, 0.1) is 23.0 Å². The second kappa shape index (κ2) is 10.0. The van der Waals surface area contributed by atoms with Gasteiger partial charge in [-0.15, -0.1) is 24.2 Å². The van der Waals surface area contributed by atoms with Gasteiger partial charge in [-0.05, 0) is 24.6 Å². The molecule has 24 heavy (non-hydrogen) atoms. The van der Waals surface area contributed by atoms with Crippen LogP contribution in [-0.2, 0) is 11.0 Å². The number of alkyl halides is 5. The van der Waals surface area contributed by atoms with Crippen LogP contribution in [0.15, 0.2) is 23.1 Å². The molecule has 1 atom stereocenters. The van der Waals surface area contributed by atoms with Crippen molar-refractivity contribution in [3.63, 3.8) is 0 Å². The summed E-state index contributed by atoms with van der Waals surface area (Å²) in [6.07, 6.45) is -6.22. The van der Waals surface area contributed by atoms with Gasteiger partial charge in [0.25, 0.3) is 0 Å². The molecule has 1 unspecified atom stereocenters. The van der Waals surface area contributed by atoms with Crippen LogP contribution in [0.3, 0.4) is 0 Å². The van der Waals surface area contributed by atoms with E-state index in [9.17, 15) is 26.7 Å². The quantitative estimate of drug-likeness (QED) is 0.528. The van der Waals surface area contributed by atoms with E-state index < -0.39 is 35.9 Å². The zero-order valence-corrected chi connectivity index (χ0v) is 14.3. The van der Waals surface area contributed by atoms with Crippen LogP contribution in [0, 0.1) is 0 Å². The minimum atomic E-state index is -4.60. The fourth-order valence-corrected chi connectivity index (χ4v) is 2.49. The molecule has 0 aliphatic heterocycles. The third-order valence-corrected chi connectivity index (χ3v) is 3.95. The Labute approximate surface area is 147 Å². The second-order valence-corrected chi connectivity index (χ2v) is 5.86. The molecular weight excluding hydrogens is 375 g/mol. The summed E-state index contributed by atoms with van der Waals surface area (Å²) in [7, 11) is 0. The van der Waals surface area contributed by atoms with Crippen molar-refractivity contribution in [2.24, 2.45) is 5.73 Å². The van der Waals surface area contributed by atoms with E-state index >= 15 is 0 Å². The van der Waals surface area contributed by atoms with Crippen LogP contribution in [0.25, 0.3) is 0 Å². The topological polar surface area (TPSA) is 55.1 Å². The first kappa shape index (κ1) is 22.9. The lowest BCUT2D eigenvalue weighted by Crippen LogP contribution is -2.35. The van der Waals surface area contributed by atoms with E-state index in [1.54, 1.807) is 6.92 Å².